The lowest BCUT2D eigenvalue weighted by Gasteiger charge is -2.19. The summed E-state index contributed by atoms with van der Waals surface area (Å²) in [5, 5.41) is 36.4. The van der Waals surface area contributed by atoms with Gasteiger partial charge in [0.1, 0.15) is 31.1 Å². The lowest BCUT2D eigenvalue weighted by Crippen LogP contribution is -2.15. The fourth-order valence-corrected chi connectivity index (χ4v) is 5.41. The van der Waals surface area contributed by atoms with Gasteiger partial charge in [-0.1, -0.05) is 36.4 Å². The zero-order chi connectivity index (χ0) is 32.5. The van der Waals surface area contributed by atoms with E-state index in [1.165, 1.54) is 12.7 Å². The molecule has 0 aliphatic heterocycles. The van der Waals surface area contributed by atoms with Gasteiger partial charge in [0.2, 0.25) is 0 Å². The van der Waals surface area contributed by atoms with Gasteiger partial charge in [0.25, 0.3) is 0 Å². The maximum atomic E-state index is 9.51. The number of phenols is 1. The summed E-state index contributed by atoms with van der Waals surface area (Å²) in [6.45, 7) is 8.90. The minimum absolute atomic E-state index is 0.266. The number of phenolic OH excluding ortho intramolecular Hbond substituents is 1. The van der Waals surface area contributed by atoms with Crippen LogP contribution in [0.4, 0.5) is 0 Å². The summed E-state index contributed by atoms with van der Waals surface area (Å²) in [5.74, 6) is 1.48. The number of hydrogen-bond donors (Lipinski definition) is 1. The Kier molecular flexibility index (Phi) is 11.0. The number of hydrogen-bond acceptors (Lipinski definition) is 8. The second-order valence-corrected chi connectivity index (χ2v) is 13.0. The van der Waals surface area contributed by atoms with E-state index in [0.717, 1.165) is 44.0 Å². The number of alkyl halides is 1. The molecule has 0 saturated heterocycles. The average molecular weight is 639 g/mol. The molecule has 5 aromatic rings. The van der Waals surface area contributed by atoms with Crippen molar-refractivity contribution < 1.29 is 5.11 Å². The molecule has 2 aromatic heterocycles. The van der Waals surface area contributed by atoms with Crippen LogP contribution in [-0.2, 0) is 35.6 Å². The summed E-state index contributed by atoms with van der Waals surface area (Å²) >= 11 is 7.63. The van der Waals surface area contributed by atoms with E-state index >= 15 is 0 Å². The minimum Gasteiger partial charge on any atom is -0.508 e. The number of aromatic hydroxyl groups is 1. The van der Waals surface area contributed by atoms with Gasteiger partial charge >= 0.3 is 0 Å². The van der Waals surface area contributed by atoms with Crippen LogP contribution in [0, 0.1) is 22.7 Å². The highest BCUT2D eigenvalue weighted by Crippen LogP contribution is 2.30. The van der Waals surface area contributed by atoms with Gasteiger partial charge in [0, 0.05) is 16.5 Å². The Morgan fingerprint density at radius 2 is 1.20 bits per heavy atom. The van der Waals surface area contributed by atoms with Crippen molar-refractivity contribution in [3.63, 3.8) is 0 Å². The van der Waals surface area contributed by atoms with Crippen molar-refractivity contribution >= 4 is 23.4 Å². The van der Waals surface area contributed by atoms with Gasteiger partial charge in [0.15, 0.2) is 0 Å². The van der Waals surface area contributed by atoms with E-state index < -0.39 is 10.8 Å². The Hall–Kier alpha value is -4.64. The quantitative estimate of drug-likeness (QED) is 0.128. The number of nitrogens with zero attached hydrogens (tertiary/aromatic N) is 8. The molecule has 5 rings (SSSR count). The van der Waals surface area contributed by atoms with E-state index in [4.69, 9.17) is 11.6 Å². The summed E-state index contributed by atoms with van der Waals surface area (Å²) in [4.78, 5) is 9.00. The first-order valence-electron chi connectivity index (χ1n) is 14.2. The number of thioether (sulfide) groups is 1. The lowest BCUT2D eigenvalue weighted by molar-refractivity contribution is 0.475. The van der Waals surface area contributed by atoms with Crippen LogP contribution in [0.15, 0.2) is 90.9 Å². The van der Waals surface area contributed by atoms with Gasteiger partial charge in [0.05, 0.1) is 36.1 Å². The summed E-state index contributed by atoms with van der Waals surface area (Å²) in [5.41, 5.74) is 5.22. The second kappa shape index (κ2) is 14.9. The fraction of sp³-hybridized carbons (Fsp3) is 0.294. The van der Waals surface area contributed by atoms with Crippen LogP contribution in [0.5, 0.6) is 5.75 Å². The van der Waals surface area contributed by atoms with Gasteiger partial charge < -0.3 is 5.11 Å². The number of aromatic nitrogens is 6. The Bertz CT molecular complexity index is 1770. The van der Waals surface area contributed by atoms with Gasteiger partial charge in [-0.2, -0.15) is 20.7 Å². The molecule has 11 heteroatoms. The Morgan fingerprint density at radius 1 is 0.733 bits per heavy atom. The van der Waals surface area contributed by atoms with Crippen molar-refractivity contribution in [1.29, 1.82) is 10.5 Å². The highest BCUT2D eigenvalue weighted by Gasteiger charge is 2.22. The molecule has 2 heterocycles. The lowest BCUT2D eigenvalue weighted by atomic mass is 9.84. The molecule has 0 spiro atoms. The maximum Gasteiger partial charge on any atom is 0.137 e. The van der Waals surface area contributed by atoms with Crippen LogP contribution < -0.4 is 0 Å². The van der Waals surface area contributed by atoms with Crippen LogP contribution in [0.3, 0.4) is 0 Å². The molecule has 0 bridgehead atoms. The van der Waals surface area contributed by atoms with Gasteiger partial charge in [-0.05, 0) is 85.3 Å². The molecule has 45 heavy (non-hydrogen) atoms. The first kappa shape index (κ1) is 33.3. The molecule has 0 aliphatic carbocycles. The summed E-state index contributed by atoms with van der Waals surface area (Å²) in [6, 6.07) is 24.2. The van der Waals surface area contributed by atoms with Crippen LogP contribution in [-0.4, -0.2) is 34.6 Å². The molecule has 0 atom stereocenters. The van der Waals surface area contributed by atoms with Gasteiger partial charge in [-0.25, -0.2) is 19.3 Å². The molecule has 0 aliphatic rings. The SMILES string of the molecule is CC(C)(C#N)c1cc(CCl)cc(Cn2cncn2)c1.CC(C)(C#N)c1cc(CSc2ccc(O)cc2)cc(Cn2cncn2)c1. The topological polar surface area (TPSA) is 129 Å². The molecule has 0 unspecified atom stereocenters. The molecule has 230 valence electrons. The third-order valence-electron chi connectivity index (χ3n) is 7.13. The Labute approximate surface area is 273 Å². The van der Waals surface area contributed by atoms with Crippen molar-refractivity contribution in [3.05, 3.63) is 119 Å². The largest absolute Gasteiger partial charge is 0.508 e. The monoisotopic (exact) mass is 638 g/mol. The zero-order valence-electron chi connectivity index (χ0n) is 25.7. The number of benzene rings is 3. The van der Waals surface area contributed by atoms with E-state index in [1.54, 1.807) is 45.9 Å². The molecule has 0 fully saturated rings. The molecule has 3 aromatic carbocycles. The summed E-state index contributed by atoms with van der Waals surface area (Å²) < 4.78 is 3.52. The molecule has 0 radical (unpaired) electrons. The van der Waals surface area contributed by atoms with Gasteiger partial charge in [-0.15, -0.1) is 23.4 Å². The van der Waals surface area contributed by atoms with E-state index in [1.807, 2.05) is 58.0 Å². The number of rotatable bonds is 10. The summed E-state index contributed by atoms with van der Waals surface area (Å²) in [7, 11) is 0. The van der Waals surface area contributed by atoms with E-state index in [-0.39, 0.29) is 5.75 Å². The van der Waals surface area contributed by atoms with E-state index in [2.05, 4.69) is 50.5 Å². The second-order valence-electron chi connectivity index (χ2n) is 11.7. The maximum absolute atomic E-state index is 9.51. The molecular formula is C34H35ClN8OS. The van der Waals surface area contributed by atoms with Crippen LogP contribution >= 0.6 is 23.4 Å². The van der Waals surface area contributed by atoms with Crippen LogP contribution in [0.2, 0.25) is 0 Å². The molecule has 9 nitrogen and oxygen atoms in total. The highest BCUT2D eigenvalue weighted by molar-refractivity contribution is 7.98. The summed E-state index contributed by atoms with van der Waals surface area (Å²) in [6.07, 6.45) is 6.38. The first-order chi connectivity index (χ1) is 21.5. The Morgan fingerprint density at radius 3 is 1.64 bits per heavy atom. The van der Waals surface area contributed by atoms with Crippen molar-refractivity contribution in [3.8, 4) is 17.9 Å². The zero-order valence-corrected chi connectivity index (χ0v) is 27.3. The first-order valence-corrected chi connectivity index (χ1v) is 15.7. The number of nitriles is 2. The molecule has 0 amide bonds. The Balaban J connectivity index is 0.000000215. The van der Waals surface area contributed by atoms with Crippen molar-refractivity contribution in [2.45, 2.75) is 68.1 Å². The van der Waals surface area contributed by atoms with Crippen LogP contribution in [0.25, 0.3) is 0 Å². The highest BCUT2D eigenvalue weighted by atomic mass is 35.5. The standard InChI is InChI=1S/C20H20N4OS.C14H15ClN4/c1-20(2,12-21)17-8-15(10-24-14-22-13-23-24)7-16(9-17)11-26-19-5-3-18(25)4-6-19;1-14(2,8-16)13-4-11(6-15)3-12(5-13)7-19-10-17-9-18-19/h3-9,13-14,25H,10-11H2,1-2H3;3-5,9-10H,6-7H2,1-2H3. The van der Waals surface area contributed by atoms with E-state index in [0.29, 0.717) is 19.0 Å². The molecule has 0 saturated carbocycles. The number of halogens is 1. The van der Waals surface area contributed by atoms with Crippen molar-refractivity contribution in [2.75, 3.05) is 0 Å². The van der Waals surface area contributed by atoms with Crippen molar-refractivity contribution in [1.82, 2.24) is 29.5 Å². The predicted octanol–water partition coefficient (Wildman–Crippen LogP) is 6.99. The third kappa shape index (κ3) is 9.42. The smallest absolute Gasteiger partial charge is 0.137 e. The average Bonchev–Trinajstić information content (AvgIpc) is 3.75. The molecular weight excluding hydrogens is 604 g/mol. The van der Waals surface area contributed by atoms with E-state index in [9.17, 15) is 15.6 Å². The van der Waals surface area contributed by atoms with Gasteiger partial charge in [-0.3, -0.25) is 0 Å². The fourth-order valence-electron chi connectivity index (χ4n) is 4.43. The third-order valence-corrected chi connectivity index (χ3v) is 8.52. The van der Waals surface area contributed by atoms with Crippen molar-refractivity contribution in [2.24, 2.45) is 0 Å². The predicted molar refractivity (Wildman–Crippen MR) is 176 cm³/mol. The minimum atomic E-state index is -0.559. The van der Waals surface area contributed by atoms with Crippen LogP contribution in [0.1, 0.15) is 61.1 Å². The normalized spacial score (nSPS) is 11.3. The molecule has 1 N–H and O–H groups in total.